The summed E-state index contributed by atoms with van der Waals surface area (Å²) < 4.78 is 14.1. The number of nitrogens with one attached hydrogen (secondary N) is 2. The second-order valence-electron chi connectivity index (χ2n) is 9.30. The van der Waals surface area contributed by atoms with E-state index in [1.165, 1.54) is 6.07 Å². The molecule has 1 aromatic carbocycles. The van der Waals surface area contributed by atoms with E-state index in [9.17, 15) is 14.0 Å². The van der Waals surface area contributed by atoms with Crippen molar-refractivity contribution < 1.29 is 14.0 Å². The lowest BCUT2D eigenvalue weighted by molar-refractivity contribution is -0.142. The highest BCUT2D eigenvalue weighted by molar-refractivity contribution is 5.84. The van der Waals surface area contributed by atoms with E-state index in [0.717, 1.165) is 18.4 Å². The minimum absolute atomic E-state index is 0.0376. The number of para-hydroxylation sites is 1. The average Bonchev–Trinajstić information content (AvgIpc) is 3.39. The number of anilines is 1. The Balaban J connectivity index is 1.14. The van der Waals surface area contributed by atoms with E-state index >= 15 is 0 Å². The Labute approximate surface area is 199 Å². The van der Waals surface area contributed by atoms with Crippen molar-refractivity contribution in [3.05, 3.63) is 60.2 Å². The first kappa shape index (κ1) is 22.7. The molecule has 3 fully saturated rings. The Bertz CT molecular complexity index is 1010. The molecule has 4 heterocycles. The van der Waals surface area contributed by atoms with Crippen LogP contribution in [0.4, 0.5) is 10.1 Å². The Kier molecular flexibility index (Phi) is 6.73. The lowest BCUT2D eigenvalue weighted by Gasteiger charge is -2.40. The van der Waals surface area contributed by atoms with Crippen molar-refractivity contribution in [1.29, 1.82) is 0 Å². The second-order valence-corrected chi connectivity index (χ2v) is 9.30. The smallest absolute Gasteiger partial charge is 0.241 e. The number of pyridine rings is 1. The van der Waals surface area contributed by atoms with Crippen LogP contribution in [0.15, 0.2) is 48.8 Å². The van der Waals surface area contributed by atoms with Gasteiger partial charge >= 0.3 is 0 Å². The molecule has 0 bridgehead atoms. The van der Waals surface area contributed by atoms with E-state index < -0.39 is 0 Å². The van der Waals surface area contributed by atoms with Gasteiger partial charge in [-0.3, -0.25) is 14.6 Å². The third-order valence-corrected chi connectivity index (χ3v) is 7.15. The first-order valence-electron chi connectivity index (χ1n) is 12.1. The van der Waals surface area contributed by atoms with E-state index in [-0.39, 0.29) is 35.6 Å². The normalized spacial score (nSPS) is 25.4. The Morgan fingerprint density at radius 2 is 1.76 bits per heavy atom. The van der Waals surface area contributed by atoms with Crippen molar-refractivity contribution in [2.45, 2.75) is 31.3 Å². The van der Waals surface area contributed by atoms with Crippen molar-refractivity contribution in [2.75, 3.05) is 44.2 Å². The zero-order valence-electron chi connectivity index (χ0n) is 19.2. The van der Waals surface area contributed by atoms with Crippen LogP contribution in [0.2, 0.25) is 0 Å². The molecule has 3 atom stereocenters. The fourth-order valence-corrected chi connectivity index (χ4v) is 5.25. The fourth-order valence-electron chi connectivity index (χ4n) is 5.25. The Morgan fingerprint density at radius 1 is 0.941 bits per heavy atom. The van der Waals surface area contributed by atoms with Crippen LogP contribution in [-0.4, -0.2) is 71.9 Å². The van der Waals surface area contributed by atoms with Crippen molar-refractivity contribution in [2.24, 2.45) is 5.92 Å². The number of carbonyl (C=O) groups is 2. The lowest BCUT2D eigenvalue weighted by Crippen LogP contribution is -2.54. The third-order valence-electron chi connectivity index (χ3n) is 7.15. The molecule has 5 rings (SSSR count). The predicted molar refractivity (Wildman–Crippen MR) is 126 cm³/mol. The van der Waals surface area contributed by atoms with Gasteiger partial charge in [-0.1, -0.05) is 18.2 Å². The predicted octanol–water partition coefficient (Wildman–Crippen LogP) is 1.72. The van der Waals surface area contributed by atoms with Gasteiger partial charge in [-0.2, -0.15) is 0 Å². The van der Waals surface area contributed by atoms with Gasteiger partial charge in [-0.25, -0.2) is 15.2 Å². The maximum absolute atomic E-state index is 14.1. The van der Waals surface area contributed by atoms with Gasteiger partial charge in [0.2, 0.25) is 11.8 Å². The zero-order valence-corrected chi connectivity index (χ0v) is 19.2. The van der Waals surface area contributed by atoms with Gasteiger partial charge in [0.15, 0.2) is 0 Å². The van der Waals surface area contributed by atoms with Crippen LogP contribution in [-0.2, 0) is 9.59 Å². The number of amides is 2. The van der Waals surface area contributed by atoms with Crippen molar-refractivity contribution in [3.63, 3.8) is 0 Å². The molecule has 3 aliphatic heterocycles. The fraction of sp³-hybridized carbons (Fsp3) is 0.480. The van der Waals surface area contributed by atoms with Gasteiger partial charge in [0, 0.05) is 57.7 Å². The van der Waals surface area contributed by atoms with Crippen LogP contribution in [0.3, 0.4) is 0 Å². The van der Waals surface area contributed by atoms with Crippen LogP contribution in [0.1, 0.15) is 30.9 Å². The molecule has 0 spiro atoms. The standard InChI is InChI=1S/C25H31FN6O2/c26-20-7-1-2-8-23(20)30-11-13-31(14-12-30)24(33)19-6-4-10-32(17-19)25(34)22-15-21(28-29-22)18-5-3-9-27-16-18/h1-3,5,7-9,16,19,21-22,28-29H,4,6,10-15,17H2. The highest BCUT2D eigenvalue weighted by Crippen LogP contribution is 2.26. The average molecular weight is 467 g/mol. The number of nitrogens with zero attached hydrogens (tertiary/aromatic N) is 4. The molecule has 3 unspecified atom stereocenters. The Hall–Kier alpha value is -3.04. The number of likely N-dealkylation sites (tertiary alicyclic amines) is 1. The summed E-state index contributed by atoms with van der Waals surface area (Å²) in [6, 6.07) is 10.4. The summed E-state index contributed by atoms with van der Waals surface area (Å²) in [6.45, 7) is 3.49. The molecule has 0 radical (unpaired) electrons. The summed E-state index contributed by atoms with van der Waals surface area (Å²) >= 11 is 0. The molecule has 3 aliphatic rings. The maximum atomic E-state index is 14.1. The number of piperazine rings is 1. The minimum atomic E-state index is -0.316. The number of piperidine rings is 1. The highest BCUT2D eigenvalue weighted by Gasteiger charge is 2.37. The van der Waals surface area contributed by atoms with Crippen LogP contribution >= 0.6 is 0 Å². The number of benzene rings is 1. The minimum Gasteiger partial charge on any atom is -0.366 e. The van der Waals surface area contributed by atoms with Gasteiger partial charge in [0.1, 0.15) is 11.9 Å². The maximum Gasteiger partial charge on any atom is 0.241 e. The molecule has 9 heteroatoms. The zero-order chi connectivity index (χ0) is 23.5. The molecule has 0 aliphatic carbocycles. The number of hydrogen-bond donors (Lipinski definition) is 2. The van der Waals surface area contributed by atoms with E-state index in [1.54, 1.807) is 18.3 Å². The number of halogens is 1. The molecule has 2 N–H and O–H groups in total. The third kappa shape index (κ3) is 4.76. The number of carbonyl (C=O) groups excluding carboxylic acids is 2. The molecular formula is C25H31FN6O2. The van der Waals surface area contributed by atoms with Crippen LogP contribution in [0.5, 0.6) is 0 Å². The molecule has 34 heavy (non-hydrogen) atoms. The number of hydrazine groups is 1. The molecule has 0 saturated carbocycles. The van der Waals surface area contributed by atoms with Gasteiger partial charge in [-0.05, 0) is 43.0 Å². The quantitative estimate of drug-likeness (QED) is 0.714. The number of rotatable bonds is 4. The van der Waals surface area contributed by atoms with Crippen molar-refractivity contribution in [1.82, 2.24) is 25.6 Å². The molecule has 8 nitrogen and oxygen atoms in total. The highest BCUT2D eigenvalue weighted by atomic mass is 19.1. The molecule has 2 aromatic rings. The van der Waals surface area contributed by atoms with Crippen LogP contribution in [0.25, 0.3) is 0 Å². The second kappa shape index (κ2) is 10.1. The summed E-state index contributed by atoms with van der Waals surface area (Å²) in [6.07, 6.45) is 5.82. The SMILES string of the molecule is O=C(C1CCCN(C(=O)C2CC(c3cccnc3)NN2)C1)N1CCN(c2ccccc2F)CC1. The summed E-state index contributed by atoms with van der Waals surface area (Å²) in [5.41, 5.74) is 7.98. The van der Waals surface area contributed by atoms with Gasteiger partial charge in [-0.15, -0.1) is 0 Å². The van der Waals surface area contributed by atoms with Gasteiger partial charge in [0.05, 0.1) is 11.6 Å². The molecule has 3 saturated heterocycles. The largest absolute Gasteiger partial charge is 0.366 e. The van der Waals surface area contributed by atoms with Gasteiger partial charge < -0.3 is 14.7 Å². The first-order valence-corrected chi connectivity index (χ1v) is 12.1. The summed E-state index contributed by atoms with van der Waals surface area (Å²) in [4.78, 5) is 36.3. The van der Waals surface area contributed by atoms with Gasteiger partial charge in [0.25, 0.3) is 0 Å². The van der Waals surface area contributed by atoms with E-state index in [4.69, 9.17) is 0 Å². The molecule has 180 valence electrons. The number of hydrogen-bond acceptors (Lipinski definition) is 6. The van der Waals surface area contributed by atoms with Crippen molar-refractivity contribution >= 4 is 17.5 Å². The topological polar surface area (TPSA) is 80.8 Å². The first-order chi connectivity index (χ1) is 16.6. The summed E-state index contributed by atoms with van der Waals surface area (Å²) in [5.74, 6) is -0.261. The summed E-state index contributed by atoms with van der Waals surface area (Å²) in [5, 5.41) is 0. The molecular weight excluding hydrogens is 435 g/mol. The van der Waals surface area contributed by atoms with Crippen LogP contribution < -0.4 is 15.8 Å². The van der Waals surface area contributed by atoms with E-state index in [2.05, 4.69) is 15.8 Å². The summed E-state index contributed by atoms with van der Waals surface area (Å²) in [7, 11) is 0. The van der Waals surface area contributed by atoms with E-state index in [0.29, 0.717) is 51.4 Å². The lowest BCUT2D eigenvalue weighted by atomic mass is 9.95. The molecule has 1 aromatic heterocycles. The van der Waals surface area contributed by atoms with E-state index in [1.807, 2.05) is 39.1 Å². The number of aromatic nitrogens is 1. The Morgan fingerprint density at radius 3 is 2.53 bits per heavy atom. The van der Waals surface area contributed by atoms with Crippen molar-refractivity contribution in [3.8, 4) is 0 Å². The van der Waals surface area contributed by atoms with Crippen LogP contribution in [0, 0.1) is 11.7 Å². The molecule has 2 amide bonds. The monoisotopic (exact) mass is 466 g/mol.